The molecule has 0 aromatic heterocycles. The number of carbonyl (C=O) groups excluding carboxylic acids is 2. The van der Waals surface area contributed by atoms with Crippen LogP contribution in [0.1, 0.15) is 69.1 Å². The van der Waals surface area contributed by atoms with Crippen molar-refractivity contribution in [2.24, 2.45) is 0 Å². The molecule has 2 aliphatic rings. The second-order valence-electron chi connectivity index (χ2n) is 8.85. The molecule has 4 rings (SSSR count). The van der Waals surface area contributed by atoms with Crippen molar-refractivity contribution >= 4 is 29.3 Å². The van der Waals surface area contributed by atoms with Crippen LogP contribution in [-0.4, -0.2) is 28.5 Å². The van der Waals surface area contributed by atoms with Crippen molar-refractivity contribution in [2.75, 3.05) is 11.1 Å². The summed E-state index contributed by atoms with van der Waals surface area (Å²) in [7, 11) is 0. The maximum absolute atomic E-state index is 13.5. The van der Waals surface area contributed by atoms with Gasteiger partial charge in [0.1, 0.15) is 10.9 Å². The number of benzene rings is 2. The van der Waals surface area contributed by atoms with E-state index in [2.05, 4.69) is 63.3 Å². The van der Waals surface area contributed by atoms with Crippen molar-refractivity contribution in [3.05, 3.63) is 65.2 Å². The fourth-order valence-corrected chi connectivity index (χ4v) is 6.39. The third-order valence-electron chi connectivity index (χ3n) is 6.28. The number of nitrogens with one attached hydrogen (secondary N) is 1. The number of para-hydroxylation sites is 1. The highest BCUT2D eigenvalue weighted by Crippen LogP contribution is 2.54. The molecule has 30 heavy (non-hydrogen) atoms. The Bertz CT molecular complexity index is 931. The van der Waals surface area contributed by atoms with E-state index in [1.807, 2.05) is 23.1 Å². The average Bonchev–Trinajstić information content (AvgIpc) is 3.28. The predicted molar refractivity (Wildman–Crippen MR) is 124 cm³/mol. The van der Waals surface area contributed by atoms with E-state index in [1.165, 1.54) is 0 Å². The number of nitrogens with zero attached hydrogens (tertiary/aromatic N) is 1. The van der Waals surface area contributed by atoms with Crippen molar-refractivity contribution in [3.63, 3.8) is 0 Å². The maximum atomic E-state index is 13.5. The molecule has 0 aliphatic carbocycles. The van der Waals surface area contributed by atoms with Crippen LogP contribution in [0.15, 0.2) is 48.5 Å². The van der Waals surface area contributed by atoms with E-state index in [0.29, 0.717) is 24.0 Å². The number of carbonyl (C=O) groups is 2. The molecule has 0 spiro atoms. The van der Waals surface area contributed by atoms with Crippen LogP contribution < -0.4 is 5.32 Å². The van der Waals surface area contributed by atoms with Gasteiger partial charge in [-0.2, -0.15) is 0 Å². The SMILES string of the molecule is CC(C)c1cccc(C(C)C)c1NC(=O)[C@@H]1CS[C@]2(c3ccccc3)CCC(=O)N12. The summed E-state index contributed by atoms with van der Waals surface area (Å²) in [5, 5.41) is 3.24. The van der Waals surface area contributed by atoms with Crippen molar-refractivity contribution in [3.8, 4) is 0 Å². The Morgan fingerprint density at radius 3 is 2.27 bits per heavy atom. The Labute approximate surface area is 183 Å². The second kappa shape index (κ2) is 8.10. The molecule has 2 atom stereocenters. The Balaban J connectivity index is 1.67. The van der Waals surface area contributed by atoms with Crippen LogP contribution in [0.3, 0.4) is 0 Å². The fraction of sp³-hybridized carbons (Fsp3) is 0.440. The maximum Gasteiger partial charge on any atom is 0.248 e. The molecule has 158 valence electrons. The van der Waals surface area contributed by atoms with Gasteiger partial charge in [0, 0.05) is 17.9 Å². The molecular formula is C25H30N2O2S. The first-order chi connectivity index (χ1) is 14.3. The van der Waals surface area contributed by atoms with E-state index >= 15 is 0 Å². The molecule has 2 heterocycles. The quantitative estimate of drug-likeness (QED) is 0.696. The predicted octanol–water partition coefficient (Wildman–Crippen LogP) is 5.46. The number of thioether (sulfide) groups is 1. The van der Waals surface area contributed by atoms with Crippen LogP contribution in [-0.2, 0) is 14.5 Å². The molecule has 2 aliphatic heterocycles. The van der Waals surface area contributed by atoms with Gasteiger partial charge in [-0.1, -0.05) is 76.2 Å². The molecule has 0 unspecified atom stereocenters. The number of fused-ring (bicyclic) bond motifs is 1. The van der Waals surface area contributed by atoms with E-state index in [-0.39, 0.29) is 11.8 Å². The molecule has 0 radical (unpaired) electrons. The van der Waals surface area contributed by atoms with E-state index < -0.39 is 10.9 Å². The summed E-state index contributed by atoms with van der Waals surface area (Å²) in [6.07, 6.45) is 1.25. The summed E-state index contributed by atoms with van der Waals surface area (Å²) in [6.45, 7) is 8.58. The molecule has 0 saturated carbocycles. The minimum Gasteiger partial charge on any atom is -0.324 e. The molecular weight excluding hydrogens is 392 g/mol. The normalized spacial score (nSPS) is 23.3. The summed E-state index contributed by atoms with van der Waals surface area (Å²) in [6, 6.07) is 15.9. The van der Waals surface area contributed by atoms with Crippen LogP contribution in [0.2, 0.25) is 0 Å². The number of hydrogen-bond acceptors (Lipinski definition) is 3. The highest BCUT2D eigenvalue weighted by molar-refractivity contribution is 8.00. The molecule has 1 N–H and O–H groups in total. The summed E-state index contributed by atoms with van der Waals surface area (Å²) < 4.78 is 0. The topological polar surface area (TPSA) is 49.4 Å². The zero-order chi connectivity index (χ0) is 21.5. The summed E-state index contributed by atoms with van der Waals surface area (Å²) in [4.78, 5) is 27.8. The van der Waals surface area contributed by atoms with Crippen molar-refractivity contribution in [1.29, 1.82) is 0 Å². The highest BCUT2D eigenvalue weighted by atomic mass is 32.2. The van der Waals surface area contributed by atoms with Crippen molar-refractivity contribution in [1.82, 2.24) is 4.90 Å². The van der Waals surface area contributed by atoms with Crippen molar-refractivity contribution < 1.29 is 9.59 Å². The Kier molecular flexibility index (Phi) is 5.67. The Hall–Kier alpha value is -2.27. The highest BCUT2D eigenvalue weighted by Gasteiger charge is 2.56. The summed E-state index contributed by atoms with van der Waals surface area (Å²) in [5.74, 6) is 1.21. The van der Waals surface area contributed by atoms with Crippen LogP contribution in [0.4, 0.5) is 5.69 Å². The molecule has 2 fully saturated rings. The van der Waals surface area contributed by atoms with Gasteiger partial charge in [-0.25, -0.2) is 0 Å². The summed E-state index contributed by atoms with van der Waals surface area (Å²) in [5.41, 5.74) is 4.31. The average molecular weight is 423 g/mol. The lowest BCUT2D eigenvalue weighted by Gasteiger charge is -2.34. The standard InChI is InChI=1S/C25H30N2O2S/c1-16(2)19-11-8-12-20(17(3)4)23(19)26-24(29)21-15-30-25(14-13-22(28)27(21)25)18-9-6-5-7-10-18/h5-12,16-17,21H,13-15H2,1-4H3,(H,26,29)/t21-,25-/m0/s1. The first kappa shape index (κ1) is 21.0. The number of hydrogen-bond donors (Lipinski definition) is 1. The minimum absolute atomic E-state index is 0.0743. The van der Waals surface area contributed by atoms with Gasteiger partial charge in [-0.3, -0.25) is 9.59 Å². The van der Waals surface area contributed by atoms with Crippen LogP contribution in [0.25, 0.3) is 0 Å². The van der Waals surface area contributed by atoms with Crippen LogP contribution in [0.5, 0.6) is 0 Å². The molecule has 4 nitrogen and oxygen atoms in total. The molecule has 2 amide bonds. The second-order valence-corrected chi connectivity index (χ2v) is 10.1. The van der Waals surface area contributed by atoms with Crippen LogP contribution in [0, 0.1) is 0 Å². The zero-order valence-corrected chi connectivity index (χ0v) is 19.0. The first-order valence-corrected chi connectivity index (χ1v) is 11.8. The minimum atomic E-state index is -0.453. The Morgan fingerprint density at radius 2 is 1.67 bits per heavy atom. The van der Waals surface area contributed by atoms with Gasteiger partial charge in [-0.05, 0) is 34.9 Å². The smallest absolute Gasteiger partial charge is 0.248 e. The number of anilines is 1. The lowest BCUT2D eigenvalue weighted by molar-refractivity contribution is -0.136. The zero-order valence-electron chi connectivity index (χ0n) is 18.1. The van der Waals surface area contributed by atoms with E-state index in [4.69, 9.17) is 0 Å². The van der Waals surface area contributed by atoms with Gasteiger partial charge in [0.15, 0.2) is 0 Å². The monoisotopic (exact) mass is 422 g/mol. The summed E-state index contributed by atoms with van der Waals surface area (Å²) >= 11 is 1.73. The van der Waals surface area contributed by atoms with Gasteiger partial charge in [0.25, 0.3) is 0 Å². The molecule has 0 bridgehead atoms. The van der Waals surface area contributed by atoms with Gasteiger partial charge >= 0.3 is 0 Å². The molecule has 5 heteroatoms. The van der Waals surface area contributed by atoms with E-state index in [0.717, 1.165) is 28.8 Å². The largest absolute Gasteiger partial charge is 0.324 e. The Morgan fingerprint density at radius 1 is 1.03 bits per heavy atom. The fourth-order valence-electron chi connectivity index (χ4n) is 4.74. The third-order valence-corrected chi connectivity index (χ3v) is 7.87. The third kappa shape index (κ3) is 3.43. The van der Waals surface area contributed by atoms with E-state index in [1.54, 1.807) is 11.8 Å². The number of amides is 2. The van der Waals surface area contributed by atoms with E-state index in [9.17, 15) is 9.59 Å². The van der Waals surface area contributed by atoms with Crippen molar-refractivity contribution in [2.45, 2.75) is 63.3 Å². The van der Waals surface area contributed by atoms with Crippen LogP contribution >= 0.6 is 11.8 Å². The molecule has 2 aromatic rings. The first-order valence-electron chi connectivity index (χ1n) is 10.8. The lowest BCUT2D eigenvalue weighted by atomic mass is 9.92. The van der Waals surface area contributed by atoms with Gasteiger partial charge in [-0.15, -0.1) is 11.8 Å². The van der Waals surface area contributed by atoms with Gasteiger partial charge in [0.05, 0.1) is 0 Å². The van der Waals surface area contributed by atoms with Gasteiger partial charge in [0.2, 0.25) is 11.8 Å². The lowest BCUT2D eigenvalue weighted by Crippen LogP contribution is -2.48. The number of rotatable bonds is 5. The molecule has 2 saturated heterocycles. The molecule has 2 aromatic carbocycles. The van der Waals surface area contributed by atoms with Gasteiger partial charge < -0.3 is 10.2 Å².